The van der Waals surface area contributed by atoms with Gasteiger partial charge in [0.2, 0.25) is 17.7 Å². The predicted octanol–water partition coefficient (Wildman–Crippen LogP) is -1.17. The molecular formula is C23H37N7O5. The minimum atomic E-state index is -1.21. The van der Waals surface area contributed by atoms with Gasteiger partial charge in [-0.05, 0) is 30.7 Å². The van der Waals surface area contributed by atoms with Crippen LogP contribution in [0.3, 0.4) is 0 Å². The van der Waals surface area contributed by atoms with Gasteiger partial charge in [0, 0.05) is 13.0 Å². The number of aliphatic imine (C=N–C) groups is 1. The maximum Gasteiger partial charge on any atom is 0.322 e. The van der Waals surface area contributed by atoms with Crippen molar-refractivity contribution in [3.8, 4) is 0 Å². The molecule has 0 radical (unpaired) electrons. The van der Waals surface area contributed by atoms with Crippen molar-refractivity contribution in [2.45, 2.75) is 57.7 Å². The Labute approximate surface area is 205 Å². The predicted molar refractivity (Wildman–Crippen MR) is 132 cm³/mol. The van der Waals surface area contributed by atoms with Gasteiger partial charge < -0.3 is 38.3 Å². The first-order valence-corrected chi connectivity index (χ1v) is 11.4. The number of carbonyl (C=O) groups excluding carboxylic acids is 3. The van der Waals surface area contributed by atoms with Gasteiger partial charge in [-0.25, -0.2) is 0 Å². The smallest absolute Gasteiger partial charge is 0.322 e. The Kier molecular flexibility index (Phi) is 12.8. The van der Waals surface area contributed by atoms with Crippen LogP contribution in [0.5, 0.6) is 0 Å². The molecule has 194 valence electrons. The maximum atomic E-state index is 13.1. The van der Waals surface area contributed by atoms with E-state index >= 15 is 0 Å². The van der Waals surface area contributed by atoms with Crippen LogP contribution in [0, 0.1) is 5.92 Å². The average molecular weight is 492 g/mol. The van der Waals surface area contributed by atoms with Crippen molar-refractivity contribution >= 4 is 29.7 Å². The lowest BCUT2D eigenvalue weighted by Gasteiger charge is -2.25. The summed E-state index contributed by atoms with van der Waals surface area (Å²) in [7, 11) is 0. The van der Waals surface area contributed by atoms with Crippen LogP contribution >= 0.6 is 0 Å². The Morgan fingerprint density at radius 1 is 0.971 bits per heavy atom. The summed E-state index contributed by atoms with van der Waals surface area (Å²) in [6.07, 6.45) is 1.25. The molecule has 0 heterocycles. The van der Waals surface area contributed by atoms with Crippen molar-refractivity contribution in [1.29, 1.82) is 0 Å². The molecule has 0 saturated heterocycles. The van der Waals surface area contributed by atoms with E-state index in [1.807, 2.05) is 19.9 Å². The molecule has 0 aliphatic rings. The summed E-state index contributed by atoms with van der Waals surface area (Å²) >= 11 is 0. The van der Waals surface area contributed by atoms with Gasteiger partial charge in [-0.15, -0.1) is 0 Å². The lowest BCUT2D eigenvalue weighted by molar-refractivity contribution is -0.138. The first-order chi connectivity index (χ1) is 16.5. The number of nitrogens with zero attached hydrogens (tertiary/aromatic N) is 1. The number of guanidine groups is 1. The molecule has 0 fully saturated rings. The second-order valence-corrected chi connectivity index (χ2v) is 8.61. The van der Waals surface area contributed by atoms with Gasteiger partial charge in [0.1, 0.15) is 18.6 Å². The van der Waals surface area contributed by atoms with E-state index in [0.717, 1.165) is 5.56 Å². The number of aliphatic carboxylic acids is 1. The highest BCUT2D eigenvalue weighted by molar-refractivity contribution is 5.93. The van der Waals surface area contributed by atoms with Crippen LogP contribution in [0.2, 0.25) is 0 Å². The molecule has 10 N–H and O–H groups in total. The Hall–Kier alpha value is -3.67. The zero-order valence-corrected chi connectivity index (χ0v) is 20.2. The third-order valence-corrected chi connectivity index (χ3v) is 4.97. The fourth-order valence-electron chi connectivity index (χ4n) is 3.25. The van der Waals surface area contributed by atoms with Gasteiger partial charge in [0.15, 0.2) is 5.96 Å². The summed E-state index contributed by atoms with van der Waals surface area (Å²) in [5.41, 5.74) is 17.3. The molecule has 0 saturated carbocycles. The summed E-state index contributed by atoms with van der Waals surface area (Å²) in [5.74, 6) is -2.92. The number of rotatable bonds is 15. The van der Waals surface area contributed by atoms with Crippen LogP contribution in [-0.2, 0) is 25.6 Å². The Morgan fingerprint density at radius 2 is 1.60 bits per heavy atom. The number of carbonyl (C=O) groups is 4. The second-order valence-electron chi connectivity index (χ2n) is 8.61. The topological polar surface area (TPSA) is 215 Å². The molecule has 0 spiro atoms. The standard InChI is InChI=1S/C23H37N7O5/c1-14(2)11-17(29-20(33)16(24)9-6-10-27-23(25)26)22(35)30-18(21(34)28-13-19(31)32)12-15-7-4-3-5-8-15/h3-5,7-8,14,16-18H,6,9-13,24H2,1-2H3,(H,28,34)(H,29,33)(H,30,35)(H,31,32)(H4,25,26,27). The van der Waals surface area contributed by atoms with E-state index in [2.05, 4.69) is 20.9 Å². The van der Waals surface area contributed by atoms with Crippen LogP contribution in [-0.4, -0.2) is 66.0 Å². The summed E-state index contributed by atoms with van der Waals surface area (Å²) in [5, 5.41) is 16.5. The summed E-state index contributed by atoms with van der Waals surface area (Å²) < 4.78 is 0. The lowest BCUT2D eigenvalue weighted by Crippen LogP contribution is -2.56. The fraction of sp³-hybridized carbons (Fsp3) is 0.522. The van der Waals surface area contributed by atoms with Gasteiger partial charge in [-0.1, -0.05) is 44.2 Å². The van der Waals surface area contributed by atoms with Crippen molar-refractivity contribution in [3.63, 3.8) is 0 Å². The number of carboxylic acids is 1. The molecule has 3 atom stereocenters. The molecule has 1 aromatic carbocycles. The van der Waals surface area contributed by atoms with E-state index in [4.69, 9.17) is 22.3 Å². The van der Waals surface area contributed by atoms with Gasteiger partial charge in [-0.2, -0.15) is 0 Å². The van der Waals surface area contributed by atoms with Crippen LogP contribution in [0.1, 0.15) is 38.7 Å². The van der Waals surface area contributed by atoms with E-state index < -0.39 is 48.4 Å². The molecule has 1 rings (SSSR count). The number of carboxylic acid groups (broad SMARTS) is 1. The van der Waals surface area contributed by atoms with Crippen LogP contribution in [0.4, 0.5) is 0 Å². The number of nitrogens with two attached hydrogens (primary N) is 3. The van der Waals surface area contributed by atoms with Gasteiger partial charge in [0.05, 0.1) is 6.04 Å². The van der Waals surface area contributed by atoms with E-state index in [0.29, 0.717) is 25.8 Å². The molecule has 0 aliphatic carbocycles. The minimum absolute atomic E-state index is 0.0471. The number of benzene rings is 1. The third kappa shape index (κ3) is 12.4. The monoisotopic (exact) mass is 491 g/mol. The summed E-state index contributed by atoms with van der Waals surface area (Å²) in [6, 6.07) is 6.14. The van der Waals surface area contributed by atoms with E-state index in [-0.39, 0.29) is 18.3 Å². The van der Waals surface area contributed by atoms with Gasteiger partial charge >= 0.3 is 5.97 Å². The molecule has 3 unspecified atom stereocenters. The number of amides is 3. The molecule has 0 aliphatic heterocycles. The highest BCUT2D eigenvalue weighted by Gasteiger charge is 2.29. The molecule has 3 amide bonds. The maximum absolute atomic E-state index is 13.1. The first kappa shape index (κ1) is 29.4. The zero-order chi connectivity index (χ0) is 26.4. The number of nitrogens with one attached hydrogen (secondary N) is 3. The van der Waals surface area contributed by atoms with Crippen molar-refractivity contribution in [3.05, 3.63) is 35.9 Å². The number of hydrogen-bond acceptors (Lipinski definition) is 6. The summed E-state index contributed by atoms with van der Waals surface area (Å²) in [6.45, 7) is 3.53. The molecule has 0 bridgehead atoms. The van der Waals surface area contributed by atoms with E-state index in [1.54, 1.807) is 24.3 Å². The number of hydrogen-bond donors (Lipinski definition) is 7. The Morgan fingerprint density at radius 3 is 2.17 bits per heavy atom. The molecule has 1 aromatic rings. The molecule has 12 heteroatoms. The largest absolute Gasteiger partial charge is 0.480 e. The van der Waals surface area contributed by atoms with Crippen molar-refractivity contribution in [2.75, 3.05) is 13.1 Å². The molecule has 0 aromatic heterocycles. The van der Waals surface area contributed by atoms with Gasteiger partial charge in [0.25, 0.3) is 0 Å². The lowest BCUT2D eigenvalue weighted by atomic mass is 10.0. The van der Waals surface area contributed by atoms with Crippen LogP contribution in [0.25, 0.3) is 0 Å². The van der Waals surface area contributed by atoms with Gasteiger partial charge in [-0.3, -0.25) is 24.2 Å². The molecule has 35 heavy (non-hydrogen) atoms. The summed E-state index contributed by atoms with van der Waals surface area (Å²) in [4.78, 5) is 53.1. The highest BCUT2D eigenvalue weighted by atomic mass is 16.4. The Balaban J connectivity index is 2.90. The van der Waals surface area contributed by atoms with Crippen molar-refractivity contribution < 1.29 is 24.3 Å². The highest BCUT2D eigenvalue weighted by Crippen LogP contribution is 2.09. The molecular weight excluding hydrogens is 454 g/mol. The van der Waals surface area contributed by atoms with Crippen molar-refractivity contribution in [1.82, 2.24) is 16.0 Å². The quantitative estimate of drug-likeness (QED) is 0.0898. The Bertz CT molecular complexity index is 872. The van der Waals surface area contributed by atoms with Crippen LogP contribution in [0.15, 0.2) is 35.3 Å². The fourth-order valence-corrected chi connectivity index (χ4v) is 3.25. The second kappa shape index (κ2) is 15.3. The molecule has 12 nitrogen and oxygen atoms in total. The first-order valence-electron chi connectivity index (χ1n) is 11.4. The van der Waals surface area contributed by atoms with E-state index in [1.165, 1.54) is 0 Å². The van der Waals surface area contributed by atoms with E-state index in [9.17, 15) is 19.2 Å². The third-order valence-electron chi connectivity index (χ3n) is 4.97. The zero-order valence-electron chi connectivity index (χ0n) is 20.2. The normalized spacial score (nSPS) is 13.3. The minimum Gasteiger partial charge on any atom is -0.480 e. The van der Waals surface area contributed by atoms with Crippen molar-refractivity contribution in [2.24, 2.45) is 28.1 Å². The van der Waals surface area contributed by atoms with Crippen LogP contribution < -0.4 is 33.2 Å². The average Bonchev–Trinajstić information content (AvgIpc) is 2.79. The SMILES string of the molecule is CC(C)CC(NC(=O)C(N)CCCN=C(N)N)C(=O)NC(Cc1ccccc1)C(=O)NCC(=O)O.